The molecule has 0 spiro atoms. The fourth-order valence-electron chi connectivity index (χ4n) is 7.57. The zero-order chi connectivity index (χ0) is 31.4. The molecule has 0 heterocycles. The number of benzene rings is 3. The van der Waals surface area contributed by atoms with Gasteiger partial charge in [-0.15, -0.1) is 0 Å². The molecule has 1 N–H and O–H groups in total. The van der Waals surface area contributed by atoms with E-state index in [0.29, 0.717) is 17.6 Å². The summed E-state index contributed by atoms with van der Waals surface area (Å²) in [6.07, 6.45) is 15.9. The van der Waals surface area contributed by atoms with Crippen LogP contribution in [0.25, 0.3) is 0 Å². The van der Waals surface area contributed by atoms with Gasteiger partial charge in [-0.3, -0.25) is 0 Å². The van der Waals surface area contributed by atoms with Crippen molar-refractivity contribution in [3.8, 4) is 5.75 Å². The highest BCUT2D eigenvalue weighted by atomic mass is 16.3. The standard InChI is InChI=1S/C42H62O/c1-9-16-32-24-26-35(39(20-13-5)37(32)18-11-3)30(7)28-34-22-15-23-42(43)41(34)29-31(8)36-27-25-33(17-10-2)38(19-12-4)40(36)21-14-6/h15,22-27,30-31,43H,9-14,16-21,28-29H2,1-8H3. The first-order valence-corrected chi connectivity index (χ1v) is 17.9. The summed E-state index contributed by atoms with van der Waals surface area (Å²) < 4.78 is 0. The van der Waals surface area contributed by atoms with Gasteiger partial charge in [-0.05, 0) is 125 Å². The van der Waals surface area contributed by atoms with Gasteiger partial charge in [0, 0.05) is 0 Å². The summed E-state index contributed by atoms with van der Waals surface area (Å²) in [5, 5.41) is 11.2. The quantitative estimate of drug-likeness (QED) is 0.158. The average molecular weight is 583 g/mol. The summed E-state index contributed by atoms with van der Waals surface area (Å²) in [7, 11) is 0. The molecule has 0 saturated carbocycles. The molecule has 43 heavy (non-hydrogen) atoms. The summed E-state index contributed by atoms with van der Waals surface area (Å²) >= 11 is 0. The lowest BCUT2D eigenvalue weighted by atomic mass is 9.80. The number of hydrogen-bond acceptors (Lipinski definition) is 1. The van der Waals surface area contributed by atoms with Crippen LogP contribution in [0.2, 0.25) is 0 Å². The van der Waals surface area contributed by atoms with Crippen LogP contribution >= 0.6 is 0 Å². The zero-order valence-corrected chi connectivity index (χ0v) is 29.0. The molecule has 3 aromatic carbocycles. The van der Waals surface area contributed by atoms with Crippen molar-refractivity contribution >= 4 is 0 Å². The van der Waals surface area contributed by atoms with Crippen LogP contribution in [0.1, 0.15) is 161 Å². The van der Waals surface area contributed by atoms with Crippen LogP contribution in [0.3, 0.4) is 0 Å². The molecule has 0 aliphatic carbocycles. The molecule has 1 heteroatoms. The van der Waals surface area contributed by atoms with Crippen LogP contribution in [-0.2, 0) is 51.4 Å². The molecule has 0 aliphatic rings. The van der Waals surface area contributed by atoms with E-state index in [2.05, 4.69) is 85.7 Å². The summed E-state index contributed by atoms with van der Waals surface area (Å²) in [5.41, 5.74) is 15.0. The molecule has 1 nitrogen and oxygen atoms in total. The minimum Gasteiger partial charge on any atom is -0.508 e. The van der Waals surface area contributed by atoms with Crippen molar-refractivity contribution in [2.24, 2.45) is 0 Å². The smallest absolute Gasteiger partial charge is 0.119 e. The van der Waals surface area contributed by atoms with Crippen LogP contribution in [-0.4, -0.2) is 5.11 Å². The maximum absolute atomic E-state index is 11.2. The summed E-state index contributed by atoms with van der Waals surface area (Å²) in [6, 6.07) is 15.9. The number of aryl methyl sites for hydroxylation is 2. The first kappa shape index (κ1) is 34.9. The zero-order valence-electron chi connectivity index (χ0n) is 29.0. The minimum atomic E-state index is 0.357. The molecule has 236 valence electrons. The molecular formula is C42H62O. The van der Waals surface area contributed by atoms with E-state index in [1.54, 1.807) is 33.4 Å². The summed E-state index contributed by atoms with van der Waals surface area (Å²) in [5.74, 6) is 1.22. The largest absolute Gasteiger partial charge is 0.508 e. The fraction of sp³-hybridized carbons (Fsp3) is 0.571. The number of hydrogen-bond donors (Lipinski definition) is 1. The van der Waals surface area contributed by atoms with Gasteiger partial charge in [0.25, 0.3) is 0 Å². The monoisotopic (exact) mass is 582 g/mol. The third-order valence-corrected chi connectivity index (χ3v) is 9.51. The Morgan fingerprint density at radius 3 is 1.30 bits per heavy atom. The molecule has 2 atom stereocenters. The van der Waals surface area contributed by atoms with E-state index in [4.69, 9.17) is 0 Å². The SMILES string of the molecule is CCCc1ccc(C(C)Cc2cccc(O)c2CC(C)c2ccc(CCC)c(CCC)c2CCC)c(CCC)c1CCC. The van der Waals surface area contributed by atoms with Crippen molar-refractivity contribution in [1.82, 2.24) is 0 Å². The van der Waals surface area contributed by atoms with Gasteiger partial charge in [-0.2, -0.15) is 0 Å². The van der Waals surface area contributed by atoms with E-state index >= 15 is 0 Å². The van der Waals surface area contributed by atoms with Crippen molar-refractivity contribution in [1.29, 1.82) is 0 Å². The molecule has 0 radical (unpaired) electrons. The van der Waals surface area contributed by atoms with Crippen molar-refractivity contribution in [2.75, 3.05) is 0 Å². The lowest BCUT2D eigenvalue weighted by Crippen LogP contribution is -2.12. The van der Waals surface area contributed by atoms with E-state index in [0.717, 1.165) is 31.2 Å². The van der Waals surface area contributed by atoms with Crippen molar-refractivity contribution in [3.05, 3.63) is 98.1 Å². The number of phenolic OH excluding ortho intramolecular Hbond substituents is 1. The fourth-order valence-corrected chi connectivity index (χ4v) is 7.57. The van der Waals surface area contributed by atoms with E-state index in [1.165, 1.54) is 80.9 Å². The predicted molar refractivity (Wildman–Crippen MR) is 189 cm³/mol. The van der Waals surface area contributed by atoms with E-state index in [1.807, 2.05) is 12.1 Å². The average Bonchev–Trinajstić information content (AvgIpc) is 2.98. The highest BCUT2D eigenvalue weighted by molar-refractivity contribution is 5.48. The second-order valence-corrected chi connectivity index (χ2v) is 13.2. The van der Waals surface area contributed by atoms with Crippen molar-refractivity contribution in [3.63, 3.8) is 0 Å². The molecule has 3 rings (SSSR count). The van der Waals surface area contributed by atoms with Crippen LogP contribution in [0.5, 0.6) is 5.75 Å². The molecule has 0 amide bonds. The number of phenols is 1. The lowest BCUT2D eigenvalue weighted by molar-refractivity contribution is 0.464. The molecule has 2 unspecified atom stereocenters. The molecule has 0 aliphatic heterocycles. The van der Waals surface area contributed by atoms with Gasteiger partial charge in [0.1, 0.15) is 5.75 Å². The van der Waals surface area contributed by atoms with Gasteiger partial charge < -0.3 is 5.11 Å². The third-order valence-electron chi connectivity index (χ3n) is 9.51. The highest BCUT2D eigenvalue weighted by Crippen LogP contribution is 2.36. The van der Waals surface area contributed by atoms with Gasteiger partial charge in [-0.25, -0.2) is 0 Å². The maximum atomic E-state index is 11.2. The highest BCUT2D eigenvalue weighted by Gasteiger charge is 2.22. The number of aromatic hydroxyl groups is 1. The van der Waals surface area contributed by atoms with Gasteiger partial charge in [-0.1, -0.05) is 130 Å². The normalized spacial score (nSPS) is 12.9. The number of rotatable bonds is 18. The Labute approximate surface area is 265 Å². The van der Waals surface area contributed by atoms with Crippen molar-refractivity contribution in [2.45, 2.75) is 157 Å². The van der Waals surface area contributed by atoms with Crippen LogP contribution in [0.15, 0.2) is 42.5 Å². The molecule has 0 bridgehead atoms. The Morgan fingerprint density at radius 2 is 0.860 bits per heavy atom. The minimum absolute atomic E-state index is 0.357. The predicted octanol–water partition coefficient (Wildman–Crippen LogP) is 11.8. The van der Waals surface area contributed by atoms with E-state index < -0.39 is 0 Å². The third kappa shape index (κ3) is 8.77. The van der Waals surface area contributed by atoms with Crippen molar-refractivity contribution < 1.29 is 5.11 Å². The van der Waals surface area contributed by atoms with Gasteiger partial charge in [0.2, 0.25) is 0 Å². The first-order chi connectivity index (χ1) is 20.8. The van der Waals surface area contributed by atoms with Gasteiger partial charge >= 0.3 is 0 Å². The Bertz CT molecular complexity index is 1280. The Kier molecular flexibility index (Phi) is 14.4. The van der Waals surface area contributed by atoms with E-state index in [9.17, 15) is 5.11 Å². The van der Waals surface area contributed by atoms with Crippen LogP contribution in [0.4, 0.5) is 0 Å². The second-order valence-electron chi connectivity index (χ2n) is 13.2. The molecule has 3 aromatic rings. The molecule has 0 fully saturated rings. The first-order valence-electron chi connectivity index (χ1n) is 17.9. The molecule has 0 aromatic heterocycles. The Hall–Kier alpha value is -2.54. The van der Waals surface area contributed by atoms with Gasteiger partial charge in [0.05, 0.1) is 0 Å². The summed E-state index contributed by atoms with van der Waals surface area (Å²) in [4.78, 5) is 0. The topological polar surface area (TPSA) is 20.2 Å². The Morgan fingerprint density at radius 1 is 0.442 bits per heavy atom. The van der Waals surface area contributed by atoms with Crippen LogP contribution < -0.4 is 0 Å². The lowest BCUT2D eigenvalue weighted by Gasteiger charge is -2.25. The molecular weight excluding hydrogens is 520 g/mol. The second kappa shape index (κ2) is 17.7. The van der Waals surface area contributed by atoms with E-state index in [-0.39, 0.29) is 0 Å². The maximum Gasteiger partial charge on any atom is 0.119 e. The van der Waals surface area contributed by atoms with Crippen LogP contribution in [0, 0.1) is 0 Å². The summed E-state index contributed by atoms with van der Waals surface area (Å²) in [6.45, 7) is 18.6. The van der Waals surface area contributed by atoms with Gasteiger partial charge in [0.15, 0.2) is 0 Å². The molecule has 0 saturated heterocycles. The Balaban J connectivity index is 1.99.